The fourth-order valence-corrected chi connectivity index (χ4v) is 2.34. The molecule has 5 nitrogen and oxygen atoms in total. The van der Waals surface area contributed by atoms with E-state index < -0.39 is 0 Å². The van der Waals surface area contributed by atoms with Crippen molar-refractivity contribution in [1.29, 1.82) is 0 Å². The third-order valence-electron chi connectivity index (χ3n) is 3.34. The van der Waals surface area contributed by atoms with Gasteiger partial charge in [-0.1, -0.05) is 0 Å². The molecule has 1 saturated heterocycles. The van der Waals surface area contributed by atoms with Crippen LogP contribution in [-0.2, 0) is 4.74 Å². The first-order valence-electron chi connectivity index (χ1n) is 5.89. The Balaban J connectivity index is 1.70. The van der Waals surface area contributed by atoms with Crippen LogP contribution in [0, 0.1) is 0 Å². The normalized spacial score (nSPS) is 17.5. The Labute approximate surface area is 99.8 Å². The summed E-state index contributed by atoms with van der Waals surface area (Å²) in [5.41, 5.74) is 2.04. The summed E-state index contributed by atoms with van der Waals surface area (Å²) in [7, 11) is 1.74. The number of aromatic nitrogens is 3. The number of pyridine rings is 1. The van der Waals surface area contributed by atoms with Crippen LogP contribution in [0.3, 0.4) is 0 Å². The molecule has 1 aliphatic heterocycles. The molecule has 0 unspecified atom stereocenters. The molecule has 0 aliphatic carbocycles. The van der Waals surface area contributed by atoms with E-state index in [-0.39, 0.29) is 0 Å². The maximum Gasteiger partial charge on any atom is 0.181 e. The Morgan fingerprint density at radius 1 is 1.53 bits per heavy atom. The maximum atomic E-state index is 5.07. The zero-order chi connectivity index (χ0) is 11.7. The lowest BCUT2D eigenvalue weighted by molar-refractivity contribution is 0.0934. The monoisotopic (exact) mass is 232 g/mol. The predicted octanol–water partition coefficient (Wildman–Crippen LogP) is 1.00. The van der Waals surface area contributed by atoms with Crippen LogP contribution < -0.4 is 0 Å². The van der Waals surface area contributed by atoms with Crippen molar-refractivity contribution < 1.29 is 4.74 Å². The third kappa shape index (κ3) is 1.92. The molecule has 0 bridgehead atoms. The van der Waals surface area contributed by atoms with Gasteiger partial charge in [0.2, 0.25) is 0 Å². The fourth-order valence-electron chi connectivity index (χ4n) is 2.34. The molecule has 0 atom stereocenters. The average Bonchev–Trinajstić information content (AvgIpc) is 2.71. The van der Waals surface area contributed by atoms with Crippen LogP contribution in [0.2, 0.25) is 0 Å². The standard InChI is InChI=1S/C12H16N4O/c1-17-6-5-16-7-9(8-16)11-10-3-2-4-13-12(10)15-14-11/h2-4,9H,5-8H2,1H3,(H,13,14,15). The van der Waals surface area contributed by atoms with Gasteiger partial charge in [0.05, 0.1) is 12.3 Å². The molecule has 90 valence electrons. The van der Waals surface area contributed by atoms with Crippen molar-refractivity contribution >= 4 is 11.0 Å². The molecule has 0 amide bonds. The highest BCUT2D eigenvalue weighted by Crippen LogP contribution is 2.29. The molecule has 3 heterocycles. The van der Waals surface area contributed by atoms with E-state index in [0.29, 0.717) is 5.92 Å². The average molecular weight is 232 g/mol. The van der Waals surface area contributed by atoms with Crippen LogP contribution in [0.5, 0.6) is 0 Å². The number of hydrogen-bond acceptors (Lipinski definition) is 4. The predicted molar refractivity (Wildman–Crippen MR) is 64.9 cm³/mol. The van der Waals surface area contributed by atoms with Gasteiger partial charge in [-0.2, -0.15) is 5.10 Å². The number of nitrogens with one attached hydrogen (secondary N) is 1. The molecule has 2 aromatic heterocycles. The van der Waals surface area contributed by atoms with Crippen molar-refractivity contribution in [2.75, 3.05) is 33.4 Å². The molecule has 0 spiro atoms. The van der Waals surface area contributed by atoms with Gasteiger partial charge in [0.15, 0.2) is 5.65 Å². The molecular weight excluding hydrogens is 216 g/mol. The lowest BCUT2D eigenvalue weighted by Gasteiger charge is -2.38. The third-order valence-corrected chi connectivity index (χ3v) is 3.34. The summed E-state index contributed by atoms with van der Waals surface area (Å²) in [5, 5.41) is 8.51. The quantitative estimate of drug-likeness (QED) is 0.854. The number of nitrogens with zero attached hydrogens (tertiary/aromatic N) is 3. The van der Waals surface area contributed by atoms with Gasteiger partial charge < -0.3 is 4.74 Å². The van der Waals surface area contributed by atoms with Crippen molar-refractivity contribution in [1.82, 2.24) is 20.1 Å². The first-order chi connectivity index (χ1) is 8.38. The zero-order valence-electron chi connectivity index (χ0n) is 9.89. The molecule has 0 saturated carbocycles. The molecule has 0 radical (unpaired) electrons. The number of aromatic amines is 1. The van der Waals surface area contributed by atoms with E-state index in [2.05, 4.69) is 26.1 Å². The second-order valence-electron chi connectivity index (χ2n) is 4.46. The molecular formula is C12H16N4O. The summed E-state index contributed by atoms with van der Waals surface area (Å²) in [6.07, 6.45) is 1.78. The van der Waals surface area contributed by atoms with Crippen LogP contribution in [0.25, 0.3) is 11.0 Å². The zero-order valence-corrected chi connectivity index (χ0v) is 9.89. The number of methoxy groups -OCH3 is 1. The number of likely N-dealkylation sites (tertiary alicyclic amines) is 1. The summed E-state index contributed by atoms with van der Waals surface area (Å²) in [6.45, 7) is 3.97. The SMILES string of the molecule is COCCN1CC(c2[nH]nc3ncccc23)C1. The molecule has 0 aromatic carbocycles. The van der Waals surface area contributed by atoms with E-state index >= 15 is 0 Å². The molecule has 17 heavy (non-hydrogen) atoms. The minimum absolute atomic E-state index is 0.557. The topological polar surface area (TPSA) is 54.0 Å². The number of rotatable bonds is 4. The fraction of sp³-hybridized carbons (Fsp3) is 0.500. The van der Waals surface area contributed by atoms with Crippen molar-refractivity contribution in [3.8, 4) is 0 Å². The number of ether oxygens (including phenoxy) is 1. The van der Waals surface area contributed by atoms with Gasteiger partial charge in [0.1, 0.15) is 0 Å². The van der Waals surface area contributed by atoms with E-state index in [1.807, 2.05) is 6.07 Å². The van der Waals surface area contributed by atoms with E-state index in [4.69, 9.17) is 4.74 Å². The van der Waals surface area contributed by atoms with Crippen LogP contribution in [-0.4, -0.2) is 53.4 Å². The second-order valence-corrected chi connectivity index (χ2v) is 4.46. The highest BCUT2D eigenvalue weighted by molar-refractivity contribution is 5.78. The molecule has 3 rings (SSSR count). The molecule has 2 aromatic rings. The highest BCUT2D eigenvalue weighted by Gasteiger charge is 2.30. The number of fused-ring (bicyclic) bond motifs is 1. The van der Waals surface area contributed by atoms with Gasteiger partial charge in [-0.05, 0) is 12.1 Å². The number of hydrogen-bond donors (Lipinski definition) is 1. The van der Waals surface area contributed by atoms with E-state index in [0.717, 1.165) is 37.3 Å². The first kappa shape index (κ1) is 10.7. The molecule has 1 aliphatic rings. The summed E-state index contributed by atoms with van der Waals surface area (Å²) in [6, 6.07) is 4.04. The Hall–Kier alpha value is -1.46. The number of H-pyrrole nitrogens is 1. The van der Waals surface area contributed by atoms with Gasteiger partial charge in [0, 0.05) is 44.2 Å². The summed E-state index contributed by atoms with van der Waals surface area (Å²) in [5.74, 6) is 0.557. The minimum Gasteiger partial charge on any atom is -0.383 e. The van der Waals surface area contributed by atoms with Crippen LogP contribution >= 0.6 is 0 Å². The van der Waals surface area contributed by atoms with E-state index in [1.54, 1.807) is 13.3 Å². The van der Waals surface area contributed by atoms with Crippen molar-refractivity contribution in [2.45, 2.75) is 5.92 Å². The summed E-state index contributed by atoms with van der Waals surface area (Å²) in [4.78, 5) is 6.62. The van der Waals surface area contributed by atoms with E-state index in [9.17, 15) is 0 Å². The Bertz CT molecular complexity index is 504. The summed E-state index contributed by atoms with van der Waals surface area (Å²) >= 11 is 0. The largest absolute Gasteiger partial charge is 0.383 e. The van der Waals surface area contributed by atoms with Crippen LogP contribution in [0.15, 0.2) is 18.3 Å². The lowest BCUT2D eigenvalue weighted by Crippen LogP contribution is -2.46. The van der Waals surface area contributed by atoms with Crippen molar-refractivity contribution in [3.05, 3.63) is 24.0 Å². The maximum absolute atomic E-state index is 5.07. The molecule has 5 heteroatoms. The van der Waals surface area contributed by atoms with Gasteiger partial charge in [-0.15, -0.1) is 0 Å². The van der Waals surface area contributed by atoms with Crippen molar-refractivity contribution in [3.63, 3.8) is 0 Å². The highest BCUT2D eigenvalue weighted by atomic mass is 16.5. The van der Waals surface area contributed by atoms with Gasteiger partial charge in [-0.25, -0.2) is 4.98 Å². The van der Waals surface area contributed by atoms with Gasteiger partial charge in [-0.3, -0.25) is 10.00 Å². The second kappa shape index (κ2) is 4.43. The van der Waals surface area contributed by atoms with Crippen molar-refractivity contribution in [2.24, 2.45) is 0 Å². The van der Waals surface area contributed by atoms with Crippen LogP contribution in [0.1, 0.15) is 11.6 Å². The summed E-state index contributed by atoms with van der Waals surface area (Å²) < 4.78 is 5.07. The van der Waals surface area contributed by atoms with Crippen LogP contribution in [0.4, 0.5) is 0 Å². The Morgan fingerprint density at radius 2 is 2.41 bits per heavy atom. The van der Waals surface area contributed by atoms with Gasteiger partial charge >= 0.3 is 0 Å². The minimum atomic E-state index is 0.557. The first-order valence-corrected chi connectivity index (χ1v) is 5.89. The molecule has 1 N–H and O–H groups in total. The lowest BCUT2D eigenvalue weighted by atomic mass is 9.94. The van der Waals surface area contributed by atoms with E-state index in [1.165, 1.54) is 5.69 Å². The Morgan fingerprint density at radius 3 is 3.24 bits per heavy atom. The van der Waals surface area contributed by atoms with Gasteiger partial charge in [0.25, 0.3) is 0 Å². The Kier molecular flexibility index (Phi) is 2.78. The smallest absolute Gasteiger partial charge is 0.181 e. The molecule has 1 fully saturated rings.